The summed E-state index contributed by atoms with van der Waals surface area (Å²) in [4.78, 5) is 26.1. The van der Waals surface area contributed by atoms with Gasteiger partial charge >= 0.3 is 0 Å². The van der Waals surface area contributed by atoms with Crippen LogP contribution in [-0.2, 0) is 16.1 Å². The number of nitrogens with one attached hydrogen (secondary N) is 1. The van der Waals surface area contributed by atoms with Crippen LogP contribution in [0.25, 0.3) is 0 Å². The van der Waals surface area contributed by atoms with Crippen LogP contribution in [0.5, 0.6) is 0 Å². The Morgan fingerprint density at radius 3 is 2.71 bits per heavy atom. The lowest BCUT2D eigenvalue weighted by atomic mass is 10.0. The van der Waals surface area contributed by atoms with E-state index in [2.05, 4.69) is 21.2 Å². The van der Waals surface area contributed by atoms with E-state index in [1.54, 1.807) is 24.8 Å². The van der Waals surface area contributed by atoms with Crippen molar-refractivity contribution in [3.05, 3.63) is 34.1 Å². The van der Waals surface area contributed by atoms with Gasteiger partial charge < -0.3 is 10.2 Å². The molecule has 2 amide bonds. The van der Waals surface area contributed by atoms with Crippen LogP contribution in [0.1, 0.15) is 32.8 Å². The highest BCUT2D eigenvalue weighted by molar-refractivity contribution is 9.10. The Hall–Kier alpha value is -1.43. The van der Waals surface area contributed by atoms with Crippen LogP contribution in [0.2, 0.25) is 0 Å². The predicted octanol–water partition coefficient (Wildman–Crippen LogP) is 2.60. The van der Waals surface area contributed by atoms with E-state index < -0.39 is 5.54 Å². The molecule has 1 heterocycles. The molecule has 0 bridgehead atoms. The molecule has 0 aliphatic carbocycles. The topological polar surface area (TPSA) is 49.4 Å². The van der Waals surface area contributed by atoms with E-state index in [0.717, 1.165) is 5.56 Å². The molecule has 114 valence electrons. The van der Waals surface area contributed by atoms with Crippen LogP contribution >= 0.6 is 15.9 Å². The first-order valence-electron chi connectivity index (χ1n) is 6.76. The Morgan fingerprint density at radius 1 is 1.43 bits per heavy atom. The number of hydrogen-bond acceptors (Lipinski definition) is 2. The number of halogens is 2. The molecule has 1 aliphatic rings. The number of nitrogens with zero attached hydrogens (tertiary/aromatic N) is 1. The highest BCUT2D eigenvalue weighted by Gasteiger charge is 2.39. The van der Waals surface area contributed by atoms with Gasteiger partial charge in [0.05, 0.1) is 0 Å². The van der Waals surface area contributed by atoms with Crippen LogP contribution in [0.4, 0.5) is 4.39 Å². The molecule has 1 N–H and O–H groups in total. The Balaban J connectivity index is 2.31. The van der Waals surface area contributed by atoms with Gasteiger partial charge in [-0.05, 0) is 38.5 Å². The van der Waals surface area contributed by atoms with Gasteiger partial charge in [0.2, 0.25) is 11.8 Å². The van der Waals surface area contributed by atoms with E-state index in [1.165, 1.54) is 12.1 Å². The minimum Gasteiger partial charge on any atom is -0.342 e. The number of carbonyl (C=O) groups excluding carboxylic acids is 2. The summed E-state index contributed by atoms with van der Waals surface area (Å²) < 4.78 is 13.8. The fourth-order valence-corrected chi connectivity index (χ4v) is 2.93. The Labute approximate surface area is 131 Å². The first kappa shape index (κ1) is 15.9. The van der Waals surface area contributed by atoms with Crippen LogP contribution in [0.3, 0.4) is 0 Å². The third-order valence-corrected chi connectivity index (χ3v) is 4.35. The smallest absolute Gasteiger partial charge is 0.248 e. The zero-order chi connectivity index (χ0) is 15.8. The first-order chi connectivity index (χ1) is 9.70. The normalized spacial score (nSPS) is 22.0. The van der Waals surface area contributed by atoms with Crippen molar-refractivity contribution in [2.24, 2.45) is 0 Å². The number of amides is 2. The maximum atomic E-state index is 13.2. The average molecular weight is 357 g/mol. The van der Waals surface area contributed by atoms with Gasteiger partial charge in [0, 0.05) is 23.5 Å². The molecule has 4 nitrogen and oxygen atoms in total. The van der Waals surface area contributed by atoms with Crippen molar-refractivity contribution < 1.29 is 14.0 Å². The summed E-state index contributed by atoms with van der Waals surface area (Å²) in [6.07, 6.45) is 0.258. The van der Waals surface area contributed by atoms with Gasteiger partial charge in [-0.3, -0.25) is 9.59 Å². The highest BCUT2D eigenvalue weighted by Crippen LogP contribution is 2.24. The second kappa shape index (κ2) is 5.75. The summed E-state index contributed by atoms with van der Waals surface area (Å²) in [7, 11) is 0. The molecule has 1 unspecified atom stereocenters. The minimum absolute atomic E-state index is 0.137. The zero-order valence-electron chi connectivity index (χ0n) is 12.2. The van der Waals surface area contributed by atoms with Gasteiger partial charge in [-0.2, -0.15) is 0 Å². The predicted molar refractivity (Wildman–Crippen MR) is 81.0 cm³/mol. The number of hydrogen-bond donors (Lipinski definition) is 1. The summed E-state index contributed by atoms with van der Waals surface area (Å²) in [5, 5.41) is 2.74. The van der Waals surface area contributed by atoms with Crippen molar-refractivity contribution in [2.75, 3.05) is 0 Å². The van der Waals surface area contributed by atoms with Gasteiger partial charge in [-0.25, -0.2) is 4.39 Å². The fourth-order valence-electron chi connectivity index (χ4n) is 2.45. The van der Waals surface area contributed by atoms with Crippen molar-refractivity contribution >= 4 is 27.7 Å². The highest BCUT2D eigenvalue weighted by atomic mass is 79.9. The van der Waals surface area contributed by atoms with Crippen molar-refractivity contribution in [3.8, 4) is 0 Å². The third-order valence-electron chi connectivity index (χ3n) is 3.62. The molecule has 21 heavy (non-hydrogen) atoms. The third kappa shape index (κ3) is 3.43. The van der Waals surface area contributed by atoms with Crippen molar-refractivity contribution in [1.82, 2.24) is 10.2 Å². The quantitative estimate of drug-likeness (QED) is 0.885. The standard InChI is InChI=1S/C15H18BrFN2O2/c1-9-6-13(20)18-15(2,3)14(21)19(9)8-10-4-5-11(17)7-12(10)16/h4-5,7,9H,6,8H2,1-3H3,(H,18,20). The van der Waals surface area contributed by atoms with Crippen LogP contribution in [0.15, 0.2) is 22.7 Å². The van der Waals surface area contributed by atoms with Crippen molar-refractivity contribution in [3.63, 3.8) is 0 Å². The molecular formula is C15H18BrFN2O2. The largest absolute Gasteiger partial charge is 0.342 e. The molecule has 1 aromatic rings. The van der Waals surface area contributed by atoms with Gasteiger partial charge in [0.15, 0.2) is 0 Å². The molecule has 1 saturated heterocycles. The van der Waals surface area contributed by atoms with Gasteiger partial charge in [0.1, 0.15) is 11.4 Å². The Kier molecular flexibility index (Phi) is 4.37. The summed E-state index contributed by atoms with van der Waals surface area (Å²) in [6.45, 7) is 5.56. The summed E-state index contributed by atoms with van der Waals surface area (Å²) >= 11 is 3.31. The van der Waals surface area contributed by atoms with Crippen molar-refractivity contribution in [1.29, 1.82) is 0 Å². The average Bonchev–Trinajstić information content (AvgIpc) is 2.41. The lowest BCUT2D eigenvalue weighted by Gasteiger charge is -2.32. The van der Waals surface area contributed by atoms with E-state index in [4.69, 9.17) is 0 Å². The molecule has 1 aromatic carbocycles. The molecule has 0 spiro atoms. The maximum Gasteiger partial charge on any atom is 0.248 e. The van der Waals surface area contributed by atoms with Gasteiger partial charge in [0.25, 0.3) is 0 Å². The molecule has 1 fully saturated rings. The van der Waals surface area contributed by atoms with E-state index in [0.29, 0.717) is 11.0 Å². The number of benzene rings is 1. The van der Waals surface area contributed by atoms with E-state index in [1.807, 2.05) is 6.92 Å². The van der Waals surface area contributed by atoms with Gasteiger partial charge in [-0.1, -0.05) is 22.0 Å². The van der Waals surface area contributed by atoms with E-state index in [-0.39, 0.29) is 30.1 Å². The van der Waals surface area contributed by atoms with E-state index in [9.17, 15) is 14.0 Å². The lowest BCUT2D eigenvalue weighted by molar-refractivity contribution is -0.139. The second-order valence-corrected chi connectivity index (χ2v) is 6.75. The molecule has 2 rings (SSSR count). The SMILES string of the molecule is CC1CC(=O)NC(C)(C)C(=O)N1Cc1ccc(F)cc1Br. The summed E-state index contributed by atoms with van der Waals surface area (Å²) in [6, 6.07) is 4.17. The maximum absolute atomic E-state index is 13.2. The molecule has 0 radical (unpaired) electrons. The Bertz CT molecular complexity index is 589. The zero-order valence-corrected chi connectivity index (χ0v) is 13.8. The van der Waals surface area contributed by atoms with E-state index >= 15 is 0 Å². The molecule has 1 aliphatic heterocycles. The molecule has 0 saturated carbocycles. The Morgan fingerprint density at radius 2 is 2.10 bits per heavy atom. The molecular weight excluding hydrogens is 339 g/mol. The first-order valence-corrected chi connectivity index (χ1v) is 7.56. The second-order valence-electron chi connectivity index (χ2n) is 5.90. The van der Waals surface area contributed by atoms with Crippen LogP contribution in [0, 0.1) is 5.82 Å². The summed E-state index contributed by atoms with van der Waals surface area (Å²) in [5.74, 6) is -0.614. The van der Waals surface area contributed by atoms with Crippen LogP contribution < -0.4 is 5.32 Å². The number of carbonyl (C=O) groups is 2. The molecule has 0 aromatic heterocycles. The number of rotatable bonds is 2. The van der Waals surface area contributed by atoms with Crippen LogP contribution in [-0.4, -0.2) is 28.3 Å². The lowest BCUT2D eigenvalue weighted by Crippen LogP contribution is -2.53. The monoisotopic (exact) mass is 356 g/mol. The molecule has 6 heteroatoms. The minimum atomic E-state index is -0.936. The molecule has 1 atom stereocenters. The van der Waals surface area contributed by atoms with Crippen molar-refractivity contribution in [2.45, 2.75) is 45.3 Å². The fraction of sp³-hybridized carbons (Fsp3) is 0.467. The van der Waals surface area contributed by atoms with Gasteiger partial charge in [-0.15, -0.1) is 0 Å². The summed E-state index contributed by atoms with van der Waals surface area (Å²) in [5.41, 5.74) is -0.129.